The van der Waals surface area contributed by atoms with Gasteiger partial charge in [0.15, 0.2) is 5.82 Å². The van der Waals surface area contributed by atoms with Crippen LogP contribution in [0, 0.1) is 0 Å². The highest BCUT2D eigenvalue weighted by Gasteiger charge is 2.10. The second kappa shape index (κ2) is 7.41. The van der Waals surface area contributed by atoms with Crippen molar-refractivity contribution in [1.29, 1.82) is 0 Å². The number of carbonyl (C=O) groups is 1. The summed E-state index contributed by atoms with van der Waals surface area (Å²) in [5, 5.41) is 4.03. The molecule has 2 aromatic carbocycles. The predicted octanol–water partition coefficient (Wildman–Crippen LogP) is 4.76. The van der Waals surface area contributed by atoms with Crippen molar-refractivity contribution in [2.24, 2.45) is 0 Å². The lowest BCUT2D eigenvalue weighted by atomic mass is 10.2. The fourth-order valence-electron chi connectivity index (χ4n) is 3.10. The molecule has 27 heavy (non-hydrogen) atoms. The maximum absolute atomic E-state index is 12.5. The van der Waals surface area contributed by atoms with Crippen LogP contribution in [-0.2, 0) is 6.54 Å². The maximum atomic E-state index is 12.5. The van der Waals surface area contributed by atoms with Crippen molar-refractivity contribution >= 4 is 22.5 Å². The standard InChI is InChI=1S/C22H20N4O/c1-2-11-26-12-10-17-13-19(8-9-20(17)26)25-22(27)18-14-23-21(24-15-18)16-6-4-3-5-7-16/h3-10,12-15H,2,11H2,1H3,(H,25,27). The van der Waals surface area contributed by atoms with Gasteiger partial charge >= 0.3 is 0 Å². The van der Waals surface area contributed by atoms with Crippen molar-refractivity contribution < 1.29 is 4.79 Å². The van der Waals surface area contributed by atoms with Gasteiger partial charge in [-0.3, -0.25) is 4.79 Å². The van der Waals surface area contributed by atoms with Crippen molar-refractivity contribution in [3.63, 3.8) is 0 Å². The van der Waals surface area contributed by atoms with Gasteiger partial charge in [0.1, 0.15) is 0 Å². The average Bonchev–Trinajstić information content (AvgIpc) is 3.11. The number of anilines is 1. The molecule has 2 heterocycles. The zero-order valence-electron chi connectivity index (χ0n) is 15.1. The Morgan fingerprint density at radius 2 is 1.81 bits per heavy atom. The number of nitrogens with one attached hydrogen (secondary N) is 1. The Bertz CT molecular complexity index is 1070. The Labute approximate surface area is 157 Å². The van der Waals surface area contributed by atoms with Gasteiger partial charge < -0.3 is 9.88 Å². The van der Waals surface area contributed by atoms with Crippen LogP contribution in [0.4, 0.5) is 5.69 Å². The van der Waals surface area contributed by atoms with E-state index >= 15 is 0 Å². The van der Waals surface area contributed by atoms with E-state index in [0.29, 0.717) is 11.4 Å². The largest absolute Gasteiger partial charge is 0.347 e. The molecule has 0 fully saturated rings. The molecule has 0 saturated carbocycles. The van der Waals surface area contributed by atoms with Crippen LogP contribution in [0.2, 0.25) is 0 Å². The van der Waals surface area contributed by atoms with Gasteiger partial charge in [-0.05, 0) is 30.7 Å². The van der Waals surface area contributed by atoms with Gasteiger partial charge in [-0.2, -0.15) is 0 Å². The summed E-state index contributed by atoms with van der Waals surface area (Å²) < 4.78 is 2.22. The number of nitrogens with zero attached hydrogens (tertiary/aromatic N) is 3. The average molecular weight is 356 g/mol. The quantitative estimate of drug-likeness (QED) is 0.561. The van der Waals surface area contributed by atoms with Gasteiger partial charge in [0.25, 0.3) is 5.91 Å². The number of benzene rings is 2. The van der Waals surface area contributed by atoms with Gasteiger partial charge in [-0.15, -0.1) is 0 Å². The number of fused-ring (bicyclic) bond motifs is 1. The van der Waals surface area contributed by atoms with Gasteiger partial charge in [0, 0.05) is 47.3 Å². The topological polar surface area (TPSA) is 59.8 Å². The zero-order chi connectivity index (χ0) is 18.6. The first-order valence-corrected chi connectivity index (χ1v) is 9.02. The monoisotopic (exact) mass is 356 g/mol. The number of hydrogen-bond donors (Lipinski definition) is 1. The molecule has 1 amide bonds. The molecule has 0 radical (unpaired) electrons. The fourth-order valence-corrected chi connectivity index (χ4v) is 3.10. The minimum Gasteiger partial charge on any atom is -0.347 e. The summed E-state index contributed by atoms with van der Waals surface area (Å²) in [6.45, 7) is 3.14. The van der Waals surface area contributed by atoms with Gasteiger partial charge in [-0.25, -0.2) is 9.97 Å². The summed E-state index contributed by atoms with van der Waals surface area (Å²) in [5.74, 6) is 0.382. The van der Waals surface area contributed by atoms with Crippen LogP contribution >= 0.6 is 0 Å². The molecule has 0 spiro atoms. The van der Waals surface area contributed by atoms with Crippen LogP contribution in [0.3, 0.4) is 0 Å². The molecule has 0 aliphatic rings. The molecule has 0 saturated heterocycles. The summed E-state index contributed by atoms with van der Waals surface area (Å²) in [7, 11) is 0. The number of aryl methyl sites for hydroxylation is 1. The van der Waals surface area contributed by atoms with Gasteiger partial charge in [0.05, 0.1) is 5.56 Å². The third-order valence-electron chi connectivity index (χ3n) is 4.44. The van der Waals surface area contributed by atoms with E-state index in [-0.39, 0.29) is 5.91 Å². The summed E-state index contributed by atoms with van der Waals surface area (Å²) in [4.78, 5) is 21.1. The van der Waals surface area contributed by atoms with Crippen molar-refractivity contribution in [2.45, 2.75) is 19.9 Å². The highest BCUT2D eigenvalue weighted by molar-refractivity contribution is 6.04. The van der Waals surface area contributed by atoms with Crippen LogP contribution < -0.4 is 5.32 Å². The molecule has 0 aliphatic carbocycles. The minimum atomic E-state index is -0.220. The molecule has 134 valence electrons. The number of aromatic nitrogens is 3. The first kappa shape index (κ1) is 17.0. The lowest BCUT2D eigenvalue weighted by Gasteiger charge is -2.07. The third kappa shape index (κ3) is 3.58. The Balaban J connectivity index is 1.51. The molecular formula is C22H20N4O. The van der Waals surface area contributed by atoms with Crippen LogP contribution in [-0.4, -0.2) is 20.4 Å². The Kier molecular flexibility index (Phi) is 4.66. The van der Waals surface area contributed by atoms with Crippen molar-refractivity contribution in [3.8, 4) is 11.4 Å². The van der Waals surface area contributed by atoms with Crippen molar-refractivity contribution in [2.75, 3.05) is 5.32 Å². The minimum absolute atomic E-state index is 0.220. The molecule has 5 nitrogen and oxygen atoms in total. The van der Waals surface area contributed by atoms with E-state index in [1.165, 1.54) is 5.52 Å². The summed E-state index contributed by atoms with van der Waals surface area (Å²) in [5.41, 5.74) is 3.28. The van der Waals surface area contributed by atoms with E-state index < -0.39 is 0 Å². The Morgan fingerprint density at radius 3 is 2.56 bits per heavy atom. The fraction of sp³-hybridized carbons (Fsp3) is 0.136. The molecule has 4 rings (SSSR count). The second-order valence-corrected chi connectivity index (χ2v) is 6.40. The van der Waals surface area contributed by atoms with Crippen LogP contribution in [0.15, 0.2) is 73.2 Å². The molecule has 5 heteroatoms. The van der Waals surface area contributed by atoms with E-state index in [9.17, 15) is 4.79 Å². The molecule has 4 aromatic rings. The van der Waals surface area contributed by atoms with E-state index in [1.54, 1.807) is 12.4 Å². The van der Waals surface area contributed by atoms with Crippen molar-refractivity contribution in [3.05, 3.63) is 78.8 Å². The van der Waals surface area contributed by atoms with Gasteiger partial charge in [-0.1, -0.05) is 37.3 Å². The van der Waals surface area contributed by atoms with Crippen LogP contribution in [0.5, 0.6) is 0 Å². The number of carbonyl (C=O) groups excluding carboxylic acids is 1. The predicted molar refractivity (Wildman–Crippen MR) is 108 cm³/mol. The lowest BCUT2D eigenvalue weighted by Crippen LogP contribution is -2.12. The van der Waals surface area contributed by atoms with E-state index in [0.717, 1.165) is 29.6 Å². The SMILES string of the molecule is CCCn1ccc2cc(NC(=O)c3cnc(-c4ccccc4)nc3)ccc21. The second-order valence-electron chi connectivity index (χ2n) is 6.40. The Morgan fingerprint density at radius 1 is 1.04 bits per heavy atom. The number of hydrogen-bond acceptors (Lipinski definition) is 3. The summed E-state index contributed by atoms with van der Waals surface area (Å²) in [6.07, 6.45) is 6.28. The third-order valence-corrected chi connectivity index (χ3v) is 4.44. The normalized spacial score (nSPS) is 10.9. The Hall–Kier alpha value is -3.47. The maximum Gasteiger partial charge on any atom is 0.258 e. The van der Waals surface area contributed by atoms with Crippen molar-refractivity contribution in [1.82, 2.24) is 14.5 Å². The van der Waals surface area contributed by atoms with E-state index in [1.807, 2.05) is 48.5 Å². The first-order valence-electron chi connectivity index (χ1n) is 9.02. The first-order chi connectivity index (χ1) is 13.2. The molecule has 0 unspecified atom stereocenters. The smallest absolute Gasteiger partial charge is 0.258 e. The lowest BCUT2D eigenvalue weighted by molar-refractivity contribution is 0.102. The highest BCUT2D eigenvalue weighted by Crippen LogP contribution is 2.21. The molecule has 0 bridgehead atoms. The highest BCUT2D eigenvalue weighted by atomic mass is 16.1. The van der Waals surface area contributed by atoms with E-state index in [2.05, 4.69) is 39.0 Å². The zero-order valence-corrected chi connectivity index (χ0v) is 15.1. The molecule has 0 aliphatic heterocycles. The molecule has 1 N–H and O–H groups in total. The van der Waals surface area contributed by atoms with Gasteiger partial charge in [0.2, 0.25) is 0 Å². The van der Waals surface area contributed by atoms with Crippen LogP contribution in [0.1, 0.15) is 23.7 Å². The van der Waals surface area contributed by atoms with Crippen LogP contribution in [0.25, 0.3) is 22.3 Å². The molecule has 2 aromatic heterocycles. The number of rotatable bonds is 5. The number of amides is 1. The summed E-state index contributed by atoms with van der Waals surface area (Å²) >= 11 is 0. The summed E-state index contributed by atoms with van der Waals surface area (Å²) in [6, 6.07) is 17.7. The molecular weight excluding hydrogens is 336 g/mol. The molecule has 0 atom stereocenters. The van der Waals surface area contributed by atoms with E-state index in [4.69, 9.17) is 0 Å².